The lowest BCUT2D eigenvalue weighted by molar-refractivity contribution is 0.515. The summed E-state index contributed by atoms with van der Waals surface area (Å²) in [5, 5.41) is 20.0. The van der Waals surface area contributed by atoms with Gasteiger partial charge in [-0.3, -0.25) is 0 Å². The first kappa shape index (κ1) is 13.8. The first-order valence-electron chi connectivity index (χ1n) is 6.88. The van der Waals surface area contributed by atoms with Crippen molar-refractivity contribution in [1.82, 2.24) is 10.2 Å². The summed E-state index contributed by atoms with van der Waals surface area (Å²) in [6.07, 6.45) is 0. The molecule has 0 amide bonds. The minimum Gasteiger partial charge on any atom is -0.419 e. The van der Waals surface area contributed by atoms with Crippen molar-refractivity contribution in [3.8, 4) is 17.5 Å². The van der Waals surface area contributed by atoms with Gasteiger partial charge in [-0.05, 0) is 43.3 Å². The number of hydrogen-bond donors (Lipinski definition) is 1. The highest BCUT2D eigenvalue weighted by Crippen LogP contribution is 2.18. The van der Waals surface area contributed by atoms with Crippen LogP contribution in [-0.2, 0) is 6.54 Å². The molecule has 1 aromatic heterocycles. The fraction of sp³-hybridized carbons (Fsp3) is 0.118. The fourth-order valence-electron chi connectivity index (χ4n) is 1.98. The van der Waals surface area contributed by atoms with E-state index in [0.29, 0.717) is 23.9 Å². The maximum absolute atomic E-state index is 8.76. The van der Waals surface area contributed by atoms with Crippen molar-refractivity contribution in [3.05, 3.63) is 65.5 Å². The van der Waals surface area contributed by atoms with E-state index in [-0.39, 0.29) is 0 Å². The molecule has 3 aromatic rings. The molecule has 5 nitrogen and oxygen atoms in total. The zero-order valence-corrected chi connectivity index (χ0v) is 12.1. The Hall–Kier alpha value is -3.13. The summed E-state index contributed by atoms with van der Waals surface area (Å²) in [7, 11) is 0. The molecule has 0 bridgehead atoms. The summed E-state index contributed by atoms with van der Waals surface area (Å²) in [5.41, 5.74) is 3.62. The van der Waals surface area contributed by atoms with E-state index in [2.05, 4.69) is 21.6 Å². The zero-order valence-electron chi connectivity index (χ0n) is 12.1. The van der Waals surface area contributed by atoms with Gasteiger partial charge in [0, 0.05) is 11.3 Å². The van der Waals surface area contributed by atoms with Crippen LogP contribution in [0.5, 0.6) is 0 Å². The van der Waals surface area contributed by atoms with Gasteiger partial charge in [-0.2, -0.15) is 5.26 Å². The minimum absolute atomic E-state index is 0.435. The molecule has 0 unspecified atom stereocenters. The minimum atomic E-state index is 0.435. The highest BCUT2D eigenvalue weighted by molar-refractivity contribution is 5.53. The summed E-state index contributed by atoms with van der Waals surface area (Å²) in [4.78, 5) is 0. The second kappa shape index (κ2) is 6.10. The fourth-order valence-corrected chi connectivity index (χ4v) is 1.98. The molecule has 0 atom stereocenters. The van der Waals surface area contributed by atoms with Gasteiger partial charge in [0.05, 0.1) is 18.2 Å². The second-order valence-corrected chi connectivity index (χ2v) is 4.91. The molecule has 0 aliphatic heterocycles. The van der Waals surface area contributed by atoms with E-state index < -0.39 is 0 Å². The van der Waals surface area contributed by atoms with Gasteiger partial charge in [0.15, 0.2) is 0 Å². The zero-order chi connectivity index (χ0) is 15.4. The summed E-state index contributed by atoms with van der Waals surface area (Å²) < 4.78 is 5.64. The Morgan fingerprint density at radius 1 is 1.05 bits per heavy atom. The van der Waals surface area contributed by atoms with Crippen LogP contribution in [0.1, 0.15) is 17.0 Å². The lowest BCUT2D eigenvalue weighted by Gasteiger charge is -2.02. The lowest BCUT2D eigenvalue weighted by Crippen LogP contribution is -1.99. The maximum Gasteiger partial charge on any atom is 0.247 e. The van der Waals surface area contributed by atoms with Gasteiger partial charge in [-0.15, -0.1) is 10.2 Å². The van der Waals surface area contributed by atoms with Gasteiger partial charge in [0.25, 0.3) is 0 Å². The first-order valence-corrected chi connectivity index (χ1v) is 6.88. The molecule has 0 spiro atoms. The largest absolute Gasteiger partial charge is 0.419 e. The number of rotatable bonds is 4. The number of anilines is 1. The Morgan fingerprint density at radius 2 is 1.77 bits per heavy atom. The van der Waals surface area contributed by atoms with E-state index in [1.165, 1.54) is 5.56 Å². The highest BCUT2D eigenvalue weighted by atomic mass is 16.4. The molecule has 0 aliphatic carbocycles. The van der Waals surface area contributed by atoms with Gasteiger partial charge < -0.3 is 9.73 Å². The molecule has 5 heteroatoms. The van der Waals surface area contributed by atoms with Crippen LogP contribution in [0.25, 0.3) is 11.5 Å². The van der Waals surface area contributed by atoms with Crippen molar-refractivity contribution < 1.29 is 4.42 Å². The van der Waals surface area contributed by atoms with Crippen LogP contribution in [0.3, 0.4) is 0 Å². The van der Waals surface area contributed by atoms with Crippen LogP contribution in [0.2, 0.25) is 0 Å². The molecule has 1 heterocycles. The average Bonchev–Trinajstić information content (AvgIpc) is 3.03. The smallest absolute Gasteiger partial charge is 0.247 e. The molecular weight excluding hydrogens is 276 g/mol. The van der Waals surface area contributed by atoms with Crippen molar-refractivity contribution >= 4 is 5.69 Å². The molecule has 0 saturated heterocycles. The summed E-state index contributed by atoms with van der Waals surface area (Å²) in [6, 6.07) is 17.2. The lowest BCUT2D eigenvalue weighted by atomic mass is 10.1. The number of aromatic nitrogens is 2. The number of aryl methyl sites for hydroxylation is 1. The van der Waals surface area contributed by atoms with Gasteiger partial charge in [0.2, 0.25) is 11.8 Å². The summed E-state index contributed by atoms with van der Waals surface area (Å²) >= 11 is 0. The van der Waals surface area contributed by atoms with E-state index in [1.807, 2.05) is 43.3 Å². The number of nitriles is 1. The quantitative estimate of drug-likeness (QED) is 0.795. The van der Waals surface area contributed by atoms with Crippen LogP contribution in [-0.4, -0.2) is 10.2 Å². The number of nitrogens with one attached hydrogen (secondary N) is 1. The topological polar surface area (TPSA) is 74.7 Å². The van der Waals surface area contributed by atoms with E-state index in [1.54, 1.807) is 12.1 Å². The van der Waals surface area contributed by atoms with Gasteiger partial charge in [-0.25, -0.2) is 0 Å². The average molecular weight is 290 g/mol. The van der Waals surface area contributed by atoms with Crippen LogP contribution >= 0.6 is 0 Å². The van der Waals surface area contributed by atoms with Gasteiger partial charge in [0.1, 0.15) is 0 Å². The van der Waals surface area contributed by atoms with Crippen LogP contribution in [0.4, 0.5) is 5.69 Å². The molecular formula is C17H14N4O. The van der Waals surface area contributed by atoms with Crippen molar-refractivity contribution in [1.29, 1.82) is 5.26 Å². The maximum atomic E-state index is 8.76. The van der Waals surface area contributed by atoms with Gasteiger partial charge in [-0.1, -0.05) is 17.7 Å². The van der Waals surface area contributed by atoms with Crippen LogP contribution < -0.4 is 5.32 Å². The molecule has 0 aliphatic rings. The molecule has 108 valence electrons. The van der Waals surface area contributed by atoms with Crippen molar-refractivity contribution in [2.45, 2.75) is 13.5 Å². The predicted molar refractivity (Wildman–Crippen MR) is 83.0 cm³/mol. The van der Waals surface area contributed by atoms with Crippen LogP contribution in [0, 0.1) is 18.3 Å². The van der Waals surface area contributed by atoms with Gasteiger partial charge >= 0.3 is 0 Å². The third-order valence-corrected chi connectivity index (χ3v) is 3.22. The normalized spacial score (nSPS) is 10.2. The van der Waals surface area contributed by atoms with E-state index in [0.717, 1.165) is 11.3 Å². The molecule has 1 N–H and O–H groups in total. The monoisotopic (exact) mass is 290 g/mol. The van der Waals surface area contributed by atoms with Crippen molar-refractivity contribution in [2.75, 3.05) is 5.32 Å². The molecule has 3 rings (SSSR count). The molecule has 2 aromatic carbocycles. The Balaban J connectivity index is 1.66. The molecule has 0 fully saturated rings. The van der Waals surface area contributed by atoms with E-state index in [4.69, 9.17) is 9.68 Å². The first-order chi connectivity index (χ1) is 10.7. The Morgan fingerprint density at radius 3 is 2.45 bits per heavy atom. The Kier molecular flexibility index (Phi) is 3.84. The third kappa shape index (κ3) is 3.13. The summed E-state index contributed by atoms with van der Waals surface area (Å²) in [5.74, 6) is 1.02. The predicted octanol–water partition coefficient (Wildman–Crippen LogP) is 3.53. The SMILES string of the molecule is Cc1ccc(-c2nnc(CNc3ccc(C#N)cc3)o2)cc1. The Bertz CT molecular complexity index is 798. The number of hydrogen-bond acceptors (Lipinski definition) is 5. The molecule has 22 heavy (non-hydrogen) atoms. The van der Waals surface area contributed by atoms with Crippen molar-refractivity contribution in [3.63, 3.8) is 0 Å². The Labute approximate surface area is 128 Å². The third-order valence-electron chi connectivity index (χ3n) is 3.22. The molecule has 0 saturated carbocycles. The summed E-state index contributed by atoms with van der Waals surface area (Å²) in [6.45, 7) is 2.47. The second-order valence-electron chi connectivity index (χ2n) is 4.91. The molecule has 0 radical (unpaired) electrons. The number of benzene rings is 2. The highest BCUT2D eigenvalue weighted by Gasteiger charge is 2.08. The van der Waals surface area contributed by atoms with E-state index >= 15 is 0 Å². The number of nitrogens with zero attached hydrogens (tertiary/aromatic N) is 3. The van der Waals surface area contributed by atoms with Crippen LogP contribution in [0.15, 0.2) is 52.9 Å². The van der Waals surface area contributed by atoms with E-state index in [9.17, 15) is 0 Å². The van der Waals surface area contributed by atoms with Crippen molar-refractivity contribution in [2.24, 2.45) is 0 Å². The standard InChI is InChI=1S/C17H14N4O/c1-12-2-6-14(7-3-12)17-21-20-16(22-17)11-19-15-8-4-13(10-18)5-9-15/h2-9,19H,11H2,1H3.